The van der Waals surface area contributed by atoms with Gasteiger partial charge >= 0.3 is 0 Å². The van der Waals surface area contributed by atoms with Crippen LogP contribution in [-0.2, 0) is 11.3 Å². The lowest BCUT2D eigenvalue weighted by Gasteiger charge is -2.26. The normalized spacial score (nSPS) is 21.0. The second-order valence-corrected chi connectivity index (χ2v) is 7.06. The zero-order chi connectivity index (χ0) is 17.8. The molecule has 6 heteroatoms. The molecule has 1 aromatic carbocycles. The number of carbonyl (C=O) groups excluding carboxylic acids is 1. The molecule has 1 atom stereocenters. The van der Waals surface area contributed by atoms with E-state index in [9.17, 15) is 4.79 Å². The molecule has 0 spiro atoms. The lowest BCUT2D eigenvalue weighted by atomic mass is 10.1. The second kappa shape index (κ2) is 8.01. The summed E-state index contributed by atoms with van der Waals surface area (Å²) in [5.41, 5.74) is 2.31. The fourth-order valence-corrected chi connectivity index (χ4v) is 3.75. The van der Waals surface area contributed by atoms with E-state index in [0.29, 0.717) is 18.1 Å². The average Bonchev–Trinajstić information content (AvgIpc) is 3.34. The molecule has 138 valence electrons. The molecule has 2 aliphatic heterocycles. The highest BCUT2D eigenvalue weighted by Gasteiger charge is 2.28. The summed E-state index contributed by atoms with van der Waals surface area (Å²) >= 11 is 0. The molecule has 1 unspecified atom stereocenters. The number of benzene rings is 1. The molecule has 0 radical (unpaired) electrons. The first-order valence-electron chi connectivity index (χ1n) is 9.47. The summed E-state index contributed by atoms with van der Waals surface area (Å²) in [5.74, 6) is 0.281. The van der Waals surface area contributed by atoms with Crippen molar-refractivity contribution in [1.29, 1.82) is 0 Å². The van der Waals surface area contributed by atoms with E-state index in [1.807, 2.05) is 18.2 Å². The molecule has 1 amide bonds. The number of hydrogen-bond acceptors (Lipinski definition) is 5. The third-order valence-corrected chi connectivity index (χ3v) is 5.07. The van der Waals surface area contributed by atoms with Gasteiger partial charge in [0.05, 0.1) is 0 Å². The Kier molecular flexibility index (Phi) is 5.32. The Balaban J connectivity index is 1.43. The van der Waals surface area contributed by atoms with Gasteiger partial charge in [-0.1, -0.05) is 18.6 Å². The number of ether oxygens (including phenoxy) is 1. The Bertz CT molecular complexity index is 746. The molecule has 2 aromatic rings. The Hall–Kier alpha value is -2.18. The van der Waals surface area contributed by atoms with Gasteiger partial charge in [0, 0.05) is 18.8 Å². The molecular formula is C20H25N3O3. The van der Waals surface area contributed by atoms with E-state index in [1.165, 1.54) is 31.2 Å². The third kappa shape index (κ3) is 3.97. The van der Waals surface area contributed by atoms with Crippen LogP contribution >= 0.6 is 0 Å². The van der Waals surface area contributed by atoms with E-state index >= 15 is 0 Å². The first kappa shape index (κ1) is 17.2. The van der Waals surface area contributed by atoms with Gasteiger partial charge < -0.3 is 14.5 Å². The summed E-state index contributed by atoms with van der Waals surface area (Å²) in [7, 11) is 0. The van der Waals surface area contributed by atoms with Crippen molar-refractivity contribution in [3.8, 4) is 0 Å². The molecule has 1 N–H and O–H groups in total. The molecule has 6 nitrogen and oxygen atoms in total. The molecule has 0 saturated carbocycles. The van der Waals surface area contributed by atoms with Gasteiger partial charge in [-0.05, 0) is 56.5 Å². The molecule has 3 heterocycles. The van der Waals surface area contributed by atoms with Crippen LogP contribution in [0.4, 0.5) is 5.69 Å². The quantitative estimate of drug-likeness (QED) is 0.884. The summed E-state index contributed by atoms with van der Waals surface area (Å²) < 4.78 is 11.1. The van der Waals surface area contributed by atoms with Gasteiger partial charge in [0.15, 0.2) is 17.8 Å². The summed E-state index contributed by atoms with van der Waals surface area (Å²) in [6.07, 6.45) is 6.87. The largest absolute Gasteiger partial charge is 0.445 e. The van der Waals surface area contributed by atoms with Crippen LogP contribution in [-0.4, -0.2) is 35.5 Å². The number of piperidine rings is 1. The molecule has 0 bridgehead atoms. The Morgan fingerprint density at radius 2 is 2.12 bits per heavy atom. The zero-order valence-electron chi connectivity index (χ0n) is 14.9. The number of likely N-dealkylation sites (tertiary alicyclic amines) is 1. The number of rotatable bonds is 5. The van der Waals surface area contributed by atoms with Crippen LogP contribution in [0.25, 0.3) is 0 Å². The van der Waals surface area contributed by atoms with Gasteiger partial charge in [0.2, 0.25) is 0 Å². The van der Waals surface area contributed by atoms with E-state index in [2.05, 4.69) is 21.3 Å². The number of nitrogens with zero attached hydrogens (tertiary/aromatic N) is 2. The molecular weight excluding hydrogens is 330 g/mol. The minimum atomic E-state index is -0.251. The minimum absolute atomic E-state index is 0.163. The molecule has 2 fully saturated rings. The van der Waals surface area contributed by atoms with E-state index in [-0.39, 0.29) is 12.0 Å². The standard InChI is InChI=1S/C20H25N3O3/c24-20(18-19(26-14-21-18)17-8-5-11-25-17)22-16-7-4-6-15(12-16)13-23-9-2-1-3-10-23/h4,6-7,12,14,17H,1-3,5,8-11,13H2,(H,22,24). The molecule has 0 aliphatic carbocycles. The Morgan fingerprint density at radius 1 is 1.23 bits per heavy atom. The van der Waals surface area contributed by atoms with E-state index < -0.39 is 0 Å². The van der Waals surface area contributed by atoms with Crippen molar-refractivity contribution in [2.75, 3.05) is 25.0 Å². The van der Waals surface area contributed by atoms with E-state index in [1.54, 1.807) is 0 Å². The fraction of sp³-hybridized carbons (Fsp3) is 0.500. The van der Waals surface area contributed by atoms with Crippen LogP contribution in [0, 0.1) is 0 Å². The van der Waals surface area contributed by atoms with Crippen molar-refractivity contribution >= 4 is 11.6 Å². The lowest BCUT2D eigenvalue weighted by molar-refractivity contribution is 0.0889. The summed E-state index contributed by atoms with van der Waals surface area (Å²) in [6, 6.07) is 8.04. The van der Waals surface area contributed by atoms with Gasteiger partial charge in [-0.2, -0.15) is 0 Å². The predicted molar refractivity (Wildman–Crippen MR) is 98.0 cm³/mol. The number of amides is 1. The van der Waals surface area contributed by atoms with Gasteiger partial charge in [-0.3, -0.25) is 9.69 Å². The predicted octanol–water partition coefficient (Wildman–Crippen LogP) is 3.76. The number of carbonyl (C=O) groups is 1. The highest BCUT2D eigenvalue weighted by atomic mass is 16.5. The summed E-state index contributed by atoms with van der Waals surface area (Å²) in [6.45, 7) is 3.93. The van der Waals surface area contributed by atoms with Crippen LogP contribution in [0.15, 0.2) is 35.1 Å². The van der Waals surface area contributed by atoms with Crippen molar-refractivity contribution in [3.63, 3.8) is 0 Å². The number of hydrogen-bond donors (Lipinski definition) is 1. The van der Waals surface area contributed by atoms with E-state index in [0.717, 1.165) is 38.2 Å². The zero-order valence-corrected chi connectivity index (χ0v) is 14.9. The topological polar surface area (TPSA) is 67.6 Å². The van der Waals surface area contributed by atoms with Gasteiger partial charge in [-0.15, -0.1) is 0 Å². The summed E-state index contributed by atoms with van der Waals surface area (Å²) in [4.78, 5) is 19.2. The van der Waals surface area contributed by atoms with Crippen molar-refractivity contribution in [2.45, 2.75) is 44.8 Å². The molecule has 1 aromatic heterocycles. The minimum Gasteiger partial charge on any atom is -0.445 e. The van der Waals surface area contributed by atoms with Crippen molar-refractivity contribution < 1.29 is 13.9 Å². The second-order valence-electron chi connectivity index (χ2n) is 7.06. The molecule has 26 heavy (non-hydrogen) atoms. The molecule has 2 aliphatic rings. The number of aromatic nitrogens is 1. The number of nitrogens with one attached hydrogen (secondary N) is 1. The monoisotopic (exact) mass is 355 g/mol. The smallest absolute Gasteiger partial charge is 0.278 e. The number of anilines is 1. The van der Waals surface area contributed by atoms with Crippen LogP contribution in [0.2, 0.25) is 0 Å². The van der Waals surface area contributed by atoms with Crippen molar-refractivity contribution in [2.24, 2.45) is 0 Å². The maximum Gasteiger partial charge on any atom is 0.278 e. The SMILES string of the molecule is O=C(Nc1cccc(CN2CCCCC2)c1)c1ncoc1C1CCCO1. The van der Waals surface area contributed by atoms with E-state index in [4.69, 9.17) is 9.15 Å². The highest BCUT2D eigenvalue weighted by Crippen LogP contribution is 2.30. The van der Waals surface area contributed by atoms with Crippen molar-refractivity contribution in [1.82, 2.24) is 9.88 Å². The maximum absolute atomic E-state index is 12.7. The van der Waals surface area contributed by atoms with Gasteiger partial charge in [0.25, 0.3) is 5.91 Å². The van der Waals surface area contributed by atoms with Crippen molar-refractivity contribution in [3.05, 3.63) is 47.7 Å². The van der Waals surface area contributed by atoms with Crippen LogP contribution in [0.3, 0.4) is 0 Å². The first-order valence-corrected chi connectivity index (χ1v) is 9.47. The van der Waals surface area contributed by atoms with Gasteiger partial charge in [0.1, 0.15) is 6.10 Å². The maximum atomic E-state index is 12.7. The third-order valence-electron chi connectivity index (χ3n) is 5.07. The van der Waals surface area contributed by atoms with Crippen LogP contribution in [0.1, 0.15) is 60.0 Å². The first-order chi connectivity index (χ1) is 12.8. The average molecular weight is 355 g/mol. The highest BCUT2D eigenvalue weighted by molar-refractivity contribution is 6.03. The Morgan fingerprint density at radius 3 is 2.92 bits per heavy atom. The van der Waals surface area contributed by atoms with Gasteiger partial charge in [-0.25, -0.2) is 4.98 Å². The fourth-order valence-electron chi connectivity index (χ4n) is 3.75. The van der Waals surface area contributed by atoms with Crippen LogP contribution < -0.4 is 5.32 Å². The van der Waals surface area contributed by atoms with Crippen LogP contribution in [0.5, 0.6) is 0 Å². The molecule has 4 rings (SSSR count). The Labute approximate surface area is 153 Å². The lowest BCUT2D eigenvalue weighted by Crippen LogP contribution is -2.29. The molecule has 2 saturated heterocycles. The summed E-state index contributed by atoms with van der Waals surface area (Å²) in [5, 5.41) is 2.95. The number of oxazole rings is 1.